The SMILES string of the molecule is Cc1cnn(-c2cc(-n3cc(C)cn3)[nH]c(=O)n2)c1. The van der Waals surface area contributed by atoms with Crippen molar-refractivity contribution in [1.29, 1.82) is 0 Å². The zero-order valence-corrected chi connectivity index (χ0v) is 10.5. The number of aromatic amines is 1. The average molecular weight is 256 g/mol. The predicted octanol–water partition coefficient (Wildman–Crippen LogP) is 0.758. The van der Waals surface area contributed by atoms with Crippen LogP contribution in [0.3, 0.4) is 0 Å². The maximum absolute atomic E-state index is 11.6. The van der Waals surface area contributed by atoms with Gasteiger partial charge in [0, 0.05) is 18.5 Å². The van der Waals surface area contributed by atoms with E-state index in [1.54, 1.807) is 34.0 Å². The maximum Gasteiger partial charge on any atom is 0.348 e. The second-order valence-corrected chi connectivity index (χ2v) is 4.35. The van der Waals surface area contributed by atoms with Gasteiger partial charge in [-0.1, -0.05) is 0 Å². The van der Waals surface area contributed by atoms with Crippen LogP contribution in [0.15, 0.2) is 35.6 Å². The molecule has 3 rings (SSSR count). The van der Waals surface area contributed by atoms with Gasteiger partial charge in [-0.3, -0.25) is 4.98 Å². The highest BCUT2D eigenvalue weighted by atomic mass is 16.1. The van der Waals surface area contributed by atoms with Gasteiger partial charge in [0.25, 0.3) is 0 Å². The highest BCUT2D eigenvalue weighted by molar-refractivity contribution is 5.31. The van der Waals surface area contributed by atoms with Gasteiger partial charge in [0.15, 0.2) is 5.82 Å². The van der Waals surface area contributed by atoms with Gasteiger partial charge in [0.1, 0.15) is 5.82 Å². The van der Waals surface area contributed by atoms with Gasteiger partial charge in [-0.25, -0.2) is 14.2 Å². The van der Waals surface area contributed by atoms with Crippen molar-refractivity contribution in [3.8, 4) is 11.6 Å². The van der Waals surface area contributed by atoms with Crippen LogP contribution < -0.4 is 5.69 Å². The van der Waals surface area contributed by atoms with E-state index in [4.69, 9.17) is 0 Å². The molecular formula is C12H12N6O. The Kier molecular flexibility index (Phi) is 2.52. The van der Waals surface area contributed by atoms with E-state index in [0.717, 1.165) is 11.1 Å². The second-order valence-electron chi connectivity index (χ2n) is 4.35. The Hall–Kier alpha value is -2.70. The number of nitrogens with zero attached hydrogens (tertiary/aromatic N) is 5. The minimum absolute atomic E-state index is 0.436. The second kappa shape index (κ2) is 4.20. The molecule has 0 unspecified atom stereocenters. The first-order valence-electron chi connectivity index (χ1n) is 5.76. The molecule has 3 heterocycles. The molecule has 0 aliphatic carbocycles. The van der Waals surface area contributed by atoms with Crippen LogP contribution in [-0.4, -0.2) is 29.5 Å². The van der Waals surface area contributed by atoms with E-state index in [1.165, 1.54) is 0 Å². The van der Waals surface area contributed by atoms with Gasteiger partial charge in [0.2, 0.25) is 0 Å². The number of H-pyrrole nitrogens is 1. The minimum atomic E-state index is -0.436. The molecular weight excluding hydrogens is 244 g/mol. The molecule has 1 N–H and O–H groups in total. The molecule has 0 saturated heterocycles. The normalized spacial score (nSPS) is 10.8. The Bertz CT molecular complexity index is 720. The molecule has 0 fully saturated rings. The van der Waals surface area contributed by atoms with E-state index in [1.807, 2.05) is 20.0 Å². The molecule has 0 bridgehead atoms. The summed E-state index contributed by atoms with van der Waals surface area (Å²) in [5, 5.41) is 8.30. The molecule has 0 aliphatic rings. The third-order valence-electron chi connectivity index (χ3n) is 2.62. The summed E-state index contributed by atoms with van der Waals surface area (Å²) >= 11 is 0. The Morgan fingerprint density at radius 2 is 1.68 bits per heavy atom. The van der Waals surface area contributed by atoms with Crippen LogP contribution in [-0.2, 0) is 0 Å². The first-order valence-corrected chi connectivity index (χ1v) is 5.76. The number of rotatable bonds is 2. The minimum Gasteiger partial charge on any atom is -0.290 e. The molecule has 0 radical (unpaired) electrons. The Labute approximate surface area is 108 Å². The maximum atomic E-state index is 11.6. The monoisotopic (exact) mass is 256 g/mol. The summed E-state index contributed by atoms with van der Waals surface area (Å²) in [6.07, 6.45) is 7.06. The number of aromatic nitrogens is 6. The van der Waals surface area contributed by atoms with Crippen LogP contribution in [0.25, 0.3) is 11.6 Å². The number of nitrogens with one attached hydrogen (secondary N) is 1. The molecule has 0 atom stereocenters. The molecule has 19 heavy (non-hydrogen) atoms. The zero-order chi connectivity index (χ0) is 13.4. The fraction of sp³-hybridized carbons (Fsp3) is 0.167. The lowest BCUT2D eigenvalue weighted by molar-refractivity contribution is 0.790. The van der Waals surface area contributed by atoms with Crippen molar-refractivity contribution >= 4 is 0 Å². The van der Waals surface area contributed by atoms with Crippen molar-refractivity contribution in [3.63, 3.8) is 0 Å². The van der Waals surface area contributed by atoms with E-state index < -0.39 is 5.69 Å². The largest absolute Gasteiger partial charge is 0.348 e. The summed E-state index contributed by atoms with van der Waals surface area (Å²) in [5.41, 5.74) is 1.57. The van der Waals surface area contributed by atoms with Crippen molar-refractivity contribution in [2.24, 2.45) is 0 Å². The molecule has 0 spiro atoms. The summed E-state index contributed by atoms with van der Waals surface area (Å²) in [6, 6.07) is 1.72. The summed E-state index contributed by atoms with van der Waals surface area (Å²) < 4.78 is 3.16. The van der Waals surface area contributed by atoms with Crippen molar-refractivity contribution < 1.29 is 0 Å². The van der Waals surface area contributed by atoms with E-state index in [-0.39, 0.29) is 0 Å². The number of hydrogen-bond donors (Lipinski definition) is 1. The van der Waals surface area contributed by atoms with Gasteiger partial charge in [-0.15, -0.1) is 0 Å². The molecule has 3 aromatic heterocycles. The first kappa shape index (κ1) is 11.4. The highest BCUT2D eigenvalue weighted by Crippen LogP contribution is 2.08. The lowest BCUT2D eigenvalue weighted by Gasteiger charge is -2.04. The van der Waals surface area contributed by atoms with Crippen LogP contribution >= 0.6 is 0 Å². The van der Waals surface area contributed by atoms with Crippen LogP contribution in [0.5, 0.6) is 0 Å². The van der Waals surface area contributed by atoms with E-state index in [2.05, 4.69) is 20.2 Å². The van der Waals surface area contributed by atoms with Gasteiger partial charge in [0.05, 0.1) is 12.4 Å². The van der Waals surface area contributed by atoms with Crippen LogP contribution in [0.1, 0.15) is 11.1 Å². The summed E-state index contributed by atoms with van der Waals surface area (Å²) in [5.74, 6) is 1.01. The molecule has 0 aromatic carbocycles. The summed E-state index contributed by atoms with van der Waals surface area (Å²) in [7, 11) is 0. The lowest BCUT2D eigenvalue weighted by atomic mass is 10.4. The Morgan fingerprint density at radius 3 is 2.26 bits per heavy atom. The van der Waals surface area contributed by atoms with Gasteiger partial charge >= 0.3 is 5.69 Å². The fourth-order valence-electron chi connectivity index (χ4n) is 1.76. The standard InChI is InChI=1S/C12H12N6O/c1-8-4-13-17(6-8)10-3-11(16-12(19)15-10)18-7-9(2)5-14-18/h3-7H,1-2H3,(H,15,16,19). The molecule has 7 heteroatoms. The van der Waals surface area contributed by atoms with E-state index >= 15 is 0 Å². The third kappa shape index (κ3) is 2.17. The Morgan fingerprint density at radius 1 is 1.05 bits per heavy atom. The Balaban J connectivity index is 2.13. The van der Waals surface area contributed by atoms with Crippen LogP contribution in [0.2, 0.25) is 0 Å². The van der Waals surface area contributed by atoms with Crippen molar-refractivity contribution in [3.05, 3.63) is 52.5 Å². The van der Waals surface area contributed by atoms with E-state index in [9.17, 15) is 4.79 Å². The summed E-state index contributed by atoms with van der Waals surface area (Å²) in [6.45, 7) is 3.86. The smallest absolute Gasteiger partial charge is 0.290 e. The van der Waals surface area contributed by atoms with Gasteiger partial charge in [-0.05, 0) is 25.0 Å². The molecule has 0 amide bonds. The topological polar surface area (TPSA) is 81.4 Å². The van der Waals surface area contributed by atoms with Crippen LogP contribution in [0, 0.1) is 13.8 Å². The first-order chi connectivity index (χ1) is 9.11. The fourth-order valence-corrected chi connectivity index (χ4v) is 1.76. The molecule has 3 aromatic rings. The average Bonchev–Trinajstić information content (AvgIpc) is 2.97. The molecule has 0 saturated carbocycles. The van der Waals surface area contributed by atoms with Crippen molar-refractivity contribution in [1.82, 2.24) is 29.5 Å². The van der Waals surface area contributed by atoms with Crippen molar-refractivity contribution in [2.45, 2.75) is 13.8 Å². The van der Waals surface area contributed by atoms with E-state index in [0.29, 0.717) is 11.6 Å². The summed E-state index contributed by atoms with van der Waals surface area (Å²) in [4.78, 5) is 18.2. The van der Waals surface area contributed by atoms with Crippen molar-refractivity contribution in [2.75, 3.05) is 0 Å². The third-order valence-corrected chi connectivity index (χ3v) is 2.62. The molecule has 7 nitrogen and oxygen atoms in total. The number of aryl methyl sites for hydroxylation is 2. The molecule has 96 valence electrons. The predicted molar refractivity (Wildman–Crippen MR) is 68.6 cm³/mol. The van der Waals surface area contributed by atoms with Gasteiger partial charge < -0.3 is 0 Å². The highest BCUT2D eigenvalue weighted by Gasteiger charge is 2.06. The number of hydrogen-bond acceptors (Lipinski definition) is 4. The molecule has 0 aliphatic heterocycles. The zero-order valence-electron chi connectivity index (χ0n) is 10.5. The lowest BCUT2D eigenvalue weighted by Crippen LogP contribution is -2.17. The van der Waals surface area contributed by atoms with Crippen LogP contribution in [0.4, 0.5) is 0 Å². The van der Waals surface area contributed by atoms with Gasteiger partial charge in [-0.2, -0.15) is 15.2 Å². The quantitative estimate of drug-likeness (QED) is 0.733.